The Morgan fingerprint density at radius 3 is 2.58 bits per heavy atom. The van der Waals surface area contributed by atoms with Crippen molar-refractivity contribution in [3.05, 3.63) is 58.6 Å². The normalized spacial score (nSPS) is 11.5. The van der Waals surface area contributed by atoms with E-state index in [0.717, 1.165) is 5.56 Å². The van der Waals surface area contributed by atoms with Crippen LogP contribution in [-0.4, -0.2) is 8.42 Å². The van der Waals surface area contributed by atoms with Crippen molar-refractivity contribution >= 4 is 27.1 Å². The van der Waals surface area contributed by atoms with Crippen molar-refractivity contribution in [3.8, 4) is 0 Å². The standard InChI is InChI=1S/C14H14ClNO2S/c1-10-3-2-4-13(7-10)19(17,18)9-11-8-12(16)5-6-14(11)15/h2-8H,9,16H2,1H3. The summed E-state index contributed by atoms with van der Waals surface area (Å²) in [5.41, 5.74) is 7.57. The Morgan fingerprint density at radius 2 is 1.89 bits per heavy atom. The summed E-state index contributed by atoms with van der Waals surface area (Å²) in [4.78, 5) is 0.297. The van der Waals surface area contributed by atoms with E-state index < -0.39 is 9.84 Å². The molecule has 2 N–H and O–H groups in total. The fourth-order valence-corrected chi connectivity index (χ4v) is 3.53. The van der Waals surface area contributed by atoms with Crippen LogP contribution in [-0.2, 0) is 15.6 Å². The predicted molar refractivity (Wildman–Crippen MR) is 77.9 cm³/mol. The molecule has 2 aromatic rings. The molecular weight excluding hydrogens is 282 g/mol. The van der Waals surface area contributed by atoms with Crippen LogP contribution in [0.4, 0.5) is 5.69 Å². The SMILES string of the molecule is Cc1cccc(S(=O)(=O)Cc2cc(N)ccc2Cl)c1. The van der Waals surface area contributed by atoms with Crippen LogP contribution in [0.15, 0.2) is 47.4 Å². The Bertz CT molecular complexity index is 711. The zero-order chi connectivity index (χ0) is 14.0. The molecule has 0 spiro atoms. The molecule has 0 amide bonds. The van der Waals surface area contributed by atoms with Crippen molar-refractivity contribution in [1.82, 2.24) is 0 Å². The van der Waals surface area contributed by atoms with E-state index in [2.05, 4.69) is 0 Å². The van der Waals surface area contributed by atoms with Crippen LogP contribution in [0.3, 0.4) is 0 Å². The molecule has 0 aliphatic rings. The summed E-state index contributed by atoms with van der Waals surface area (Å²) in [6, 6.07) is 11.7. The number of sulfone groups is 1. The summed E-state index contributed by atoms with van der Waals surface area (Å²) in [5, 5.41) is 0.408. The van der Waals surface area contributed by atoms with Gasteiger partial charge in [-0.2, -0.15) is 0 Å². The third-order valence-electron chi connectivity index (χ3n) is 2.76. The second-order valence-electron chi connectivity index (χ2n) is 4.43. The van der Waals surface area contributed by atoms with Gasteiger partial charge in [0.25, 0.3) is 0 Å². The third kappa shape index (κ3) is 3.28. The van der Waals surface area contributed by atoms with E-state index in [1.165, 1.54) is 0 Å². The van der Waals surface area contributed by atoms with E-state index in [-0.39, 0.29) is 5.75 Å². The van der Waals surface area contributed by atoms with Crippen molar-refractivity contribution in [3.63, 3.8) is 0 Å². The molecule has 0 radical (unpaired) electrons. The molecule has 0 unspecified atom stereocenters. The average Bonchev–Trinajstić information content (AvgIpc) is 2.33. The number of nitrogen functional groups attached to an aromatic ring is 1. The van der Waals surface area contributed by atoms with Crippen molar-refractivity contribution in [2.75, 3.05) is 5.73 Å². The van der Waals surface area contributed by atoms with Crippen LogP contribution in [0.25, 0.3) is 0 Å². The first kappa shape index (κ1) is 13.9. The predicted octanol–water partition coefficient (Wildman–Crippen LogP) is 3.20. The number of halogens is 1. The zero-order valence-electron chi connectivity index (χ0n) is 10.4. The molecule has 0 aliphatic carbocycles. The van der Waals surface area contributed by atoms with Crippen molar-refractivity contribution < 1.29 is 8.42 Å². The minimum Gasteiger partial charge on any atom is -0.399 e. The molecule has 0 saturated carbocycles. The van der Waals surface area contributed by atoms with Crippen LogP contribution < -0.4 is 5.73 Å². The number of benzene rings is 2. The fraction of sp³-hybridized carbons (Fsp3) is 0.143. The van der Waals surface area contributed by atoms with Gasteiger partial charge >= 0.3 is 0 Å². The molecule has 0 atom stereocenters. The molecular formula is C14H14ClNO2S. The molecule has 2 aromatic carbocycles. The van der Waals surface area contributed by atoms with Crippen molar-refractivity contribution in [2.24, 2.45) is 0 Å². The molecule has 0 heterocycles. The van der Waals surface area contributed by atoms with Gasteiger partial charge in [-0.1, -0.05) is 23.7 Å². The van der Waals surface area contributed by atoms with Gasteiger partial charge in [0.1, 0.15) is 0 Å². The maximum Gasteiger partial charge on any atom is 0.182 e. The highest BCUT2D eigenvalue weighted by molar-refractivity contribution is 7.90. The molecule has 3 nitrogen and oxygen atoms in total. The van der Waals surface area contributed by atoms with Crippen LogP contribution in [0.5, 0.6) is 0 Å². The first-order chi connectivity index (χ1) is 8.88. The van der Waals surface area contributed by atoms with Gasteiger partial charge in [0.2, 0.25) is 0 Å². The van der Waals surface area contributed by atoms with E-state index in [1.807, 2.05) is 13.0 Å². The van der Waals surface area contributed by atoms with Gasteiger partial charge in [-0.15, -0.1) is 0 Å². The second kappa shape index (κ2) is 5.23. The largest absolute Gasteiger partial charge is 0.399 e. The fourth-order valence-electron chi connectivity index (χ4n) is 1.80. The maximum atomic E-state index is 12.3. The van der Waals surface area contributed by atoms with E-state index in [1.54, 1.807) is 36.4 Å². The lowest BCUT2D eigenvalue weighted by atomic mass is 10.2. The van der Waals surface area contributed by atoms with Gasteiger partial charge in [-0.05, 0) is 48.4 Å². The van der Waals surface area contributed by atoms with Crippen molar-refractivity contribution in [2.45, 2.75) is 17.6 Å². The summed E-state index contributed by atoms with van der Waals surface area (Å²) in [7, 11) is -3.42. The van der Waals surface area contributed by atoms with Gasteiger partial charge < -0.3 is 5.73 Å². The van der Waals surface area contributed by atoms with E-state index in [0.29, 0.717) is 21.2 Å². The Labute approximate surface area is 117 Å². The average molecular weight is 296 g/mol. The van der Waals surface area contributed by atoms with Crippen LogP contribution in [0, 0.1) is 6.92 Å². The van der Waals surface area contributed by atoms with Gasteiger partial charge in [0.05, 0.1) is 10.6 Å². The van der Waals surface area contributed by atoms with E-state index in [9.17, 15) is 8.42 Å². The lowest BCUT2D eigenvalue weighted by Crippen LogP contribution is -2.06. The van der Waals surface area contributed by atoms with Crippen LogP contribution >= 0.6 is 11.6 Å². The highest BCUT2D eigenvalue weighted by atomic mass is 35.5. The highest BCUT2D eigenvalue weighted by Gasteiger charge is 2.17. The highest BCUT2D eigenvalue weighted by Crippen LogP contribution is 2.24. The summed E-state index contributed by atoms with van der Waals surface area (Å²) < 4.78 is 24.6. The first-order valence-corrected chi connectivity index (χ1v) is 7.75. The number of hydrogen-bond donors (Lipinski definition) is 1. The zero-order valence-corrected chi connectivity index (χ0v) is 12.0. The summed E-state index contributed by atoms with van der Waals surface area (Å²) >= 11 is 6.00. The smallest absolute Gasteiger partial charge is 0.182 e. The molecule has 0 aromatic heterocycles. The Balaban J connectivity index is 2.39. The first-order valence-electron chi connectivity index (χ1n) is 5.72. The van der Waals surface area contributed by atoms with Gasteiger partial charge in [-0.3, -0.25) is 0 Å². The quantitative estimate of drug-likeness (QED) is 0.885. The van der Waals surface area contributed by atoms with Gasteiger partial charge in [0, 0.05) is 10.7 Å². The molecule has 0 bridgehead atoms. The summed E-state index contributed by atoms with van der Waals surface area (Å²) in [6.45, 7) is 1.85. The van der Waals surface area contributed by atoms with Gasteiger partial charge in [-0.25, -0.2) is 8.42 Å². The lowest BCUT2D eigenvalue weighted by molar-refractivity contribution is 0.595. The number of rotatable bonds is 3. The van der Waals surface area contributed by atoms with Crippen LogP contribution in [0.2, 0.25) is 5.02 Å². The number of hydrogen-bond acceptors (Lipinski definition) is 3. The van der Waals surface area contributed by atoms with E-state index >= 15 is 0 Å². The molecule has 0 fully saturated rings. The minimum absolute atomic E-state index is 0.152. The number of nitrogens with two attached hydrogens (primary N) is 1. The molecule has 0 saturated heterocycles. The molecule has 5 heteroatoms. The molecule has 0 aliphatic heterocycles. The van der Waals surface area contributed by atoms with E-state index in [4.69, 9.17) is 17.3 Å². The number of anilines is 1. The van der Waals surface area contributed by atoms with Crippen LogP contribution in [0.1, 0.15) is 11.1 Å². The third-order valence-corrected chi connectivity index (χ3v) is 4.80. The lowest BCUT2D eigenvalue weighted by Gasteiger charge is -2.08. The minimum atomic E-state index is -3.42. The Morgan fingerprint density at radius 1 is 1.16 bits per heavy atom. The van der Waals surface area contributed by atoms with Gasteiger partial charge in [0.15, 0.2) is 9.84 Å². The summed E-state index contributed by atoms with van der Waals surface area (Å²) in [6.07, 6.45) is 0. The molecule has 100 valence electrons. The Hall–Kier alpha value is -1.52. The molecule has 2 rings (SSSR count). The number of aryl methyl sites for hydroxylation is 1. The Kier molecular flexibility index (Phi) is 3.83. The summed E-state index contributed by atoms with van der Waals surface area (Å²) in [5.74, 6) is -0.152. The topological polar surface area (TPSA) is 60.2 Å². The van der Waals surface area contributed by atoms with Crippen molar-refractivity contribution in [1.29, 1.82) is 0 Å². The second-order valence-corrected chi connectivity index (χ2v) is 6.82. The molecule has 19 heavy (non-hydrogen) atoms. The maximum absolute atomic E-state index is 12.3. The monoisotopic (exact) mass is 295 g/mol.